The fourth-order valence-corrected chi connectivity index (χ4v) is 3.40. The van der Waals surface area contributed by atoms with Crippen molar-refractivity contribution >= 4 is 11.9 Å². The molecular formula is C21H35F2NO4. The molecule has 1 aliphatic rings. The summed E-state index contributed by atoms with van der Waals surface area (Å²) in [6, 6.07) is -0.689. The van der Waals surface area contributed by atoms with Gasteiger partial charge in [-0.25, -0.2) is 0 Å². The van der Waals surface area contributed by atoms with Crippen LogP contribution in [0, 0.1) is 5.92 Å². The summed E-state index contributed by atoms with van der Waals surface area (Å²) in [4.78, 5) is 24.3. The zero-order valence-corrected chi connectivity index (χ0v) is 17.3. The number of methoxy groups -OCH3 is 1. The normalized spacial score (nSPS) is 21.3. The standard InChI is InChI=1S/C21H35F2NO4/c1-4-5-10-16(2)18(25)13-12-17-15-21(22,23)20(27)24(17)14-9-7-6-8-11-19(26)28-3/h12-13,16-18,25H,4-11,14-15H2,1-3H3/b13-12+. The average molecular weight is 404 g/mol. The first kappa shape index (κ1) is 24.5. The van der Waals surface area contributed by atoms with Gasteiger partial charge in [0.25, 0.3) is 5.91 Å². The molecule has 1 aliphatic heterocycles. The Kier molecular flexibility index (Phi) is 10.6. The maximum Gasteiger partial charge on any atom is 0.327 e. The number of hydrogen-bond acceptors (Lipinski definition) is 4. The van der Waals surface area contributed by atoms with Crippen molar-refractivity contribution in [1.29, 1.82) is 0 Å². The van der Waals surface area contributed by atoms with E-state index in [0.717, 1.165) is 32.1 Å². The Morgan fingerprint density at radius 2 is 2.00 bits per heavy atom. The van der Waals surface area contributed by atoms with Crippen LogP contribution in [-0.4, -0.2) is 53.6 Å². The molecule has 3 atom stereocenters. The third-order valence-corrected chi connectivity index (χ3v) is 5.32. The highest BCUT2D eigenvalue weighted by molar-refractivity contribution is 5.86. The second-order valence-electron chi connectivity index (χ2n) is 7.71. The van der Waals surface area contributed by atoms with E-state index in [4.69, 9.17) is 0 Å². The van der Waals surface area contributed by atoms with Crippen LogP contribution in [0.25, 0.3) is 0 Å². The first-order chi connectivity index (χ1) is 13.2. The van der Waals surface area contributed by atoms with Crippen LogP contribution in [0.3, 0.4) is 0 Å². The zero-order valence-electron chi connectivity index (χ0n) is 17.3. The molecule has 0 saturated carbocycles. The minimum Gasteiger partial charge on any atom is -0.469 e. The van der Waals surface area contributed by atoms with Crippen molar-refractivity contribution in [2.24, 2.45) is 5.92 Å². The molecule has 1 amide bonds. The van der Waals surface area contributed by atoms with E-state index < -0.39 is 30.4 Å². The number of likely N-dealkylation sites (tertiary alicyclic amines) is 1. The van der Waals surface area contributed by atoms with Crippen molar-refractivity contribution in [3.8, 4) is 0 Å². The van der Waals surface area contributed by atoms with Crippen molar-refractivity contribution in [2.75, 3.05) is 13.7 Å². The van der Waals surface area contributed by atoms with Crippen LogP contribution < -0.4 is 0 Å². The van der Waals surface area contributed by atoms with Gasteiger partial charge in [-0.3, -0.25) is 9.59 Å². The lowest BCUT2D eigenvalue weighted by Gasteiger charge is -2.22. The molecule has 0 radical (unpaired) electrons. The molecule has 0 aromatic heterocycles. The van der Waals surface area contributed by atoms with Crippen LogP contribution in [0.1, 0.15) is 71.6 Å². The van der Waals surface area contributed by atoms with Gasteiger partial charge in [0.2, 0.25) is 0 Å². The summed E-state index contributed by atoms with van der Waals surface area (Å²) in [5.41, 5.74) is 0. The number of aliphatic hydroxyl groups is 1. The van der Waals surface area contributed by atoms with Crippen LogP contribution in [0.4, 0.5) is 8.78 Å². The van der Waals surface area contributed by atoms with E-state index in [-0.39, 0.29) is 18.4 Å². The van der Waals surface area contributed by atoms with Crippen LogP contribution in [0.2, 0.25) is 0 Å². The molecule has 1 heterocycles. The molecule has 1 fully saturated rings. The molecule has 28 heavy (non-hydrogen) atoms. The second-order valence-corrected chi connectivity index (χ2v) is 7.71. The Hall–Kier alpha value is -1.50. The van der Waals surface area contributed by atoms with Crippen LogP contribution in [0.15, 0.2) is 12.2 Å². The zero-order chi connectivity index (χ0) is 21.2. The van der Waals surface area contributed by atoms with Gasteiger partial charge in [0.1, 0.15) is 0 Å². The van der Waals surface area contributed by atoms with Gasteiger partial charge in [0.05, 0.1) is 19.3 Å². The smallest absolute Gasteiger partial charge is 0.327 e. The Labute approximate surface area is 167 Å². The molecule has 0 bridgehead atoms. The van der Waals surface area contributed by atoms with E-state index in [9.17, 15) is 23.5 Å². The Bertz CT molecular complexity index is 525. The van der Waals surface area contributed by atoms with E-state index in [1.807, 2.05) is 6.92 Å². The van der Waals surface area contributed by atoms with Gasteiger partial charge in [-0.2, -0.15) is 8.78 Å². The maximum atomic E-state index is 13.9. The molecule has 0 spiro atoms. The number of carbonyl (C=O) groups excluding carboxylic acids is 2. The molecule has 1 saturated heterocycles. The molecule has 162 valence electrons. The summed E-state index contributed by atoms with van der Waals surface area (Å²) in [7, 11) is 1.34. The van der Waals surface area contributed by atoms with Crippen molar-refractivity contribution in [3.05, 3.63) is 12.2 Å². The molecular weight excluding hydrogens is 368 g/mol. The number of halogens is 2. The summed E-state index contributed by atoms with van der Waals surface area (Å²) >= 11 is 0. The first-order valence-electron chi connectivity index (χ1n) is 10.3. The molecule has 0 aromatic rings. The number of esters is 1. The molecule has 1 N–H and O–H groups in total. The average Bonchev–Trinajstić information content (AvgIpc) is 2.89. The van der Waals surface area contributed by atoms with Crippen molar-refractivity contribution < 1.29 is 28.2 Å². The third kappa shape index (κ3) is 7.86. The number of rotatable bonds is 13. The topological polar surface area (TPSA) is 66.8 Å². The van der Waals surface area contributed by atoms with Gasteiger partial charge < -0.3 is 14.7 Å². The summed E-state index contributed by atoms with van der Waals surface area (Å²) < 4.78 is 32.4. The van der Waals surface area contributed by atoms with Crippen LogP contribution in [-0.2, 0) is 14.3 Å². The number of alkyl halides is 2. The van der Waals surface area contributed by atoms with Crippen molar-refractivity contribution in [3.63, 3.8) is 0 Å². The lowest BCUT2D eigenvalue weighted by Crippen LogP contribution is -2.36. The van der Waals surface area contributed by atoms with Gasteiger partial charge in [0.15, 0.2) is 0 Å². The Balaban J connectivity index is 2.52. The lowest BCUT2D eigenvalue weighted by molar-refractivity contribution is -0.148. The number of unbranched alkanes of at least 4 members (excludes halogenated alkanes) is 4. The van der Waals surface area contributed by atoms with E-state index in [1.165, 1.54) is 12.0 Å². The highest BCUT2D eigenvalue weighted by Crippen LogP contribution is 2.34. The number of amides is 1. The maximum absolute atomic E-state index is 13.9. The lowest BCUT2D eigenvalue weighted by atomic mass is 9.97. The van der Waals surface area contributed by atoms with Gasteiger partial charge in [0, 0.05) is 19.4 Å². The third-order valence-electron chi connectivity index (χ3n) is 5.32. The predicted octanol–water partition coefficient (Wildman–Crippen LogP) is 4.09. The van der Waals surface area contributed by atoms with Gasteiger partial charge in [-0.05, 0) is 25.2 Å². The molecule has 5 nitrogen and oxygen atoms in total. The number of hydrogen-bond donors (Lipinski definition) is 1. The second kappa shape index (κ2) is 12.1. The number of aliphatic hydroxyl groups excluding tert-OH is 1. The highest BCUT2D eigenvalue weighted by atomic mass is 19.3. The van der Waals surface area contributed by atoms with E-state index >= 15 is 0 Å². The molecule has 7 heteroatoms. The predicted molar refractivity (Wildman–Crippen MR) is 104 cm³/mol. The molecule has 0 aromatic carbocycles. The summed E-state index contributed by atoms with van der Waals surface area (Å²) in [5, 5.41) is 10.2. The van der Waals surface area contributed by atoms with Crippen LogP contribution >= 0.6 is 0 Å². The van der Waals surface area contributed by atoms with Gasteiger partial charge >= 0.3 is 11.9 Å². The first-order valence-corrected chi connectivity index (χ1v) is 10.3. The largest absolute Gasteiger partial charge is 0.469 e. The van der Waals surface area contributed by atoms with Crippen molar-refractivity contribution in [2.45, 2.75) is 89.7 Å². The van der Waals surface area contributed by atoms with Crippen LogP contribution in [0.5, 0.6) is 0 Å². The SMILES string of the molecule is CCCCC(C)C(O)/C=C/C1CC(F)(F)C(=O)N1CCCCCCC(=O)OC. The van der Waals surface area contributed by atoms with Crippen molar-refractivity contribution in [1.82, 2.24) is 4.90 Å². The molecule has 1 rings (SSSR count). The quantitative estimate of drug-likeness (QED) is 0.286. The number of nitrogens with zero attached hydrogens (tertiary/aromatic N) is 1. The fraction of sp³-hybridized carbons (Fsp3) is 0.810. The van der Waals surface area contributed by atoms with E-state index in [0.29, 0.717) is 19.3 Å². The summed E-state index contributed by atoms with van der Waals surface area (Å²) in [6.45, 7) is 4.27. The summed E-state index contributed by atoms with van der Waals surface area (Å²) in [6.07, 6.45) is 7.95. The minimum absolute atomic E-state index is 0.0528. The number of ether oxygens (including phenoxy) is 1. The minimum atomic E-state index is -3.35. The highest BCUT2D eigenvalue weighted by Gasteiger charge is 2.52. The number of carbonyl (C=O) groups is 2. The molecule has 3 unspecified atom stereocenters. The Morgan fingerprint density at radius 3 is 2.64 bits per heavy atom. The molecule has 0 aliphatic carbocycles. The van der Waals surface area contributed by atoms with E-state index in [1.54, 1.807) is 12.2 Å². The summed E-state index contributed by atoms with van der Waals surface area (Å²) in [5.74, 6) is -4.69. The van der Waals surface area contributed by atoms with Gasteiger partial charge in [-0.1, -0.05) is 51.7 Å². The Morgan fingerprint density at radius 1 is 1.32 bits per heavy atom. The monoisotopic (exact) mass is 403 g/mol. The van der Waals surface area contributed by atoms with E-state index in [2.05, 4.69) is 11.7 Å². The van der Waals surface area contributed by atoms with Gasteiger partial charge in [-0.15, -0.1) is 0 Å². The fourth-order valence-electron chi connectivity index (χ4n) is 3.40.